The van der Waals surface area contributed by atoms with E-state index in [4.69, 9.17) is 0 Å². The van der Waals surface area contributed by atoms with Gasteiger partial charge in [0.2, 0.25) is 5.91 Å². The van der Waals surface area contributed by atoms with Gasteiger partial charge in [0.1, 0.15) is 0 Å². The predicted octanol–water partition coefficient (Wildman–Crippen LogP) is 0.395. The molecule has 0 aliphatic carbocycles. The monoisotopic (exact) mass is 239 g/mol. The van der Waals surface area contributed by atoms with E-state index >= 15 is 0 Å². The average Bonchev–Trinajstić information content (AvgIpc) is 2.61. The predicted molar refractivity (Wildman–Crippen MR) is 68.8 cm³/mol. The zero-order chi connectivity index (χ0) is 12.4. The lowest BCUT2D eigenvalue weighted by atomic mass is 9.96. The van der Waals surface area contributed by atoms with Gasteiger partial charge in [-0.05, 0) is 39.4 Å². The molecule has 0 aromatic rings. The number of carbonyl (C=O) groups is 1. The van der Waals surface area contributed by atoms with Crippen molar-refractivity contribution in [3.05, 3.63) is 0 Å². The summed E-state index contributed by atoms with van der Waals surface area (Å²) in [6, 6.07) is 0.350. The third kappa shape index (κ3) is 2.80. The minimum Gasteiger partial charge on any atom is -0.338 e. The Morgan fingerprint density at radius 1 is 1.24 bits per heavy atom. The van der Waals surface area contributed by atoms with Crippen LogP contribution < -0.4 is 5.32 Å². The molecular formula is C13H25N3O. The van der Waals surface area contributed by atoms with Gasteiger partial charge in [-0.25, -0.2) is 0 Å². The summed E-state index contributed by atoms with van der Waals surface area (Å²) >= 11 is 0. The highest BCUT2D eigenvalue weighted by Gasteiger charge is 2.35. The first-order chi connectivity index (χ1) is 8.09. The highest BCUT2D eigenvalue weighted by molar-refractivity contribution is 5.80. The quantitative estimate of drug-likeness (QED) is 0.719. The summed E-state index contributed by atoms with van der Waals surface area (Å²) in [5.74, 6) is 1.04. The van der Waals surface area contributed by atoms with E-state index in [1.54, 1.807) is 0 Å². The molecule has 1 N–H and O–H groups in total. The highest BCUT2D eigenvalue weighted by Crippen LogP contribution is 2.21. The molecule has 3 atom stereocenters. The van der Waals surface area contributed by atoms with E-state index < -0.39 is 0 Å². The van der Waals surface area contributed by atoms with Gasteiger partial charge in [-0.3, -0.25) is 4.79 Å². The van der Waals surface area contributed by atoms with E-state index in [9.17, 15) is 4.79 Å². The summed E-state index contributed by atoms with van der Waals surface area (Å²) in [5, 5.41) is 3.32. The third-order valence-corrected chi connectivity index (χ3v) is 4.16. The normalized spacial score (nSPS) is 35.9. The van der Waals surface area contributed by atoms with Crippen molar-refractivity contribution in [3.63, 3.8) is 0 Å². The van der Waals surface area contributed by atoms with Gasteiger partial charge < -0.3 is 15.1 Å². The Kier molecular flexibility index (Phi) is 4.05. The molecule has 1 unspecified atom stereocenters. The van der Waals surface area contributed by atoms with Gasteiger partial charge in [0.15, 0.2) is 0 Å². The minimum absolute atomic E-state index is 0.195. The fourth-order valence-electron chi connectivity index (χ4n) is 3.05. The molecule has 1 amide bonds. The molecule has 0 bridgehead atoms. The van der Waals surface area contributed by atoms with Crippen molar-refractivity contribution in [2.24, 2.45) is 11.8 Å². The van der Waals surface area contributed by atoms with Gasteiger partial charge >= 0.3 is 0 Å². The molecule has 0 aromatic carbocycles. The molecule has 0 aromatic heterocycles. The van der Waals surface area contributed by atoms with Crippen LogP contribution in [0.15, 0.2) is 0 Å². The lowest BCUT2D eigenvalue weighted by molar-refractivity contribution is -0.137. The van der Waals surface area contributed by atoms with Gasteiger partial charge in [0.05, 0.1) is 5.92 Å². The Morgan fingerprint density at radius 3 is 2.65 bits per heavy atom. The van der Waals surface area contributed by atoms with Crippen LogP contribution in [0.1, 0.15) is 20.3 Å². The SMILES string of the molecule is CC1CN(C)CCCN1C(=O)[C@@H]1CNC[C@H]1C. The van der Waals surface area contributed by atoms with Crippen molar-refractivity contribution in [1.82, 2.24) is 15.1 Å². The average molecular weight is 239 g/mol. The van der Waals surface area contributed by atoms with Crippen LogP contribution in [-0.4, -0.2) is 61.5 Å². The second kappa shape index (κ2) is 5.36. The summed E-state index contributed by atoms with van der Waals surface area (Å²) < 4.78 is 0. The van der Waals surface area contributed by atoms with E-state index in [1.165, 1.54) is 0 Å². The number of hydrogen-bond acceptors (Lipinski definition) is 3. The third-order valence-electron chi connectivity index (χ3n) is 4.16. The molecule has 2 aliphatic rings. The molecule has 98 valence electrons. The van der Waals surface area contributed by atoms with Crippen molar-refractivity contribution in [3.8, 4) is 0 Å². The number of amides is 1. The molecule has 2 rings (SSSR count). The van der Waals surface area contributed by atoms with Crippen molar-refractivity contribution < 1.29 is 4.79 Å². The van der Waals surface area contributed by atoms with Gasteiger partial charge in [0, 0.05) is 25.7 Å². The molecule has 0 saturated carbocycles. The van der Waals surface area contributed by atoms with Crippen LogP contribution in [0.3, 0.4) is 0 Å². The Labute approximate surface area is 104 Å². The van der Waals surface area contributed by atoms with Crippen LogP contribution in [0.2, 0.25) is 0 Å². The summed E-state index contributed by atoms with van der Waals surface area (Å²) in [6.07, 6.45) is 1.10. The smallest absolute Gasteiger partial charge is 0.227 e. The van der Waals surface area contributed by atoms with Gasteiger partial charge in [0.25, 0.3) is 0 Å². The van der Waals surface area contributed by atoms with E-state index in [2.05, 4.69) is 36.0 Å². The Morgan fingerprint density at radius 2 is 2.00 bits per heavy atom. The zero-order valence-electron chi connectivity index (χ0n) is 11.3. The van der Waals surface area contributed by atoms with Crippen molar-refractivity contribution in [1.29, 1.82) is 0 Å². The standard InChI is InChI=1S/C13H25N3O/c1-10-7-14-8-12(10)13(17)16-6-4-5-15(3)9-11(16)2/h10-12,14H,4-9H2,1-3H3/t10-,11?,12-/m1/s1. The fraction of sp³-hybridized carbons (Fsp3) is 0.923. The molecular weight excluding hydrogens is 214 g/mol. The molecule has 4 nitrogen and oxygen atoms in total. The molecule has 17 heavy (non-hydrogen) atoms. The number of nitrogens with one attached hydrogen (secondary N) is 1. The summed E-state index contributed by atoms with van der Waals surface area (Å²) in [4.78, 5) is 17.0. The zero-order valence-corrected chi connectivity index (χ0v) is 11.3. The lowest BCUT2D eigenvalue weighted by Gasteiger charge is -2.31. The van der Waals surface area contributed by atoms with Gasteiger partial charge in [-0.1, -0.05) is 6.92 Å². The topological polar surface area (TPSA) is 35.6 Å². The first-order valence-electron chi connectivity index (χ1n) is 6.79. The number of carbonyl (C=O) groups excluding carboxylic acids is 1. The maximum Gasteiger partial charge on any atom is 0.227 e. The molecule has 4 heteroatoms. The van der Waals surface area contributed by atoms with E-state index in [0.717, 1.165) is 39.1 Å². The Bertz CT molecular complexity index is 282. The van der Waals surface area contributed by atoms with Gasteiger partial charge in [-0.15, -0.1) is 0 Å². The highest BCUT2D eigenvalue weighted by atomic mass is 16.2. The number of nitrogens with zero attached hydrogens (tertiary/aromatic N) is 2. The second-order valence-electron chi connectivity index (χ2n) is 5.74. The van der Waals surface area contributed by atoms with Crippen molar-refractivity contribution in [2.75, 3.05) is 39.8 Å². The largest absolute Gasteiger partial charge is 0.338 e. The van der Waals surface area contributed by atoms with E-state index in [1.807, 2.05) is 0 Å². The molecule has 2 saturated heterocycles. The van der Waals surface area contributed by atoms with Crippen LogP contribution in [0.5, 0.6) is 0 Å². The minimum atomic E-state index is 0.195. The van der Waals surface area contributed by atoms with Crippen molar-refractivity contribution in [2.45, 2.75) is 26.3 Å². The Hall–Kier alpha value is -0.610. The molecule has 2 aliphatic heterocycles. The lowest BCUT2D eigenvalue weighted by Crippen LogP contribution is -2.46. The van der Waals surface area contributed by atoms with Crippen LogP contribution in [0.4, 0.5) is 0 Å². The van der Waals surface area contributed by atoms with E-state index in [0.29, 0.717) is 17.9 Å². The Balaban J connectivity index is 2.02. The first-order valence-corrected chi connectivity index (χ1v) is 6.79. The maximum atomic E-state index is 12.5. The van der Waals surface area contributed by atoms with Crippen molar-refractivity contribution >= 4 is 5.91 Å². The number of hydrogen-bond donors (Lipinski definition) is 1. The fourth-order valence-corrected chi connectivity index (χ4v) is 3.05. The molecule has 2 fully saturated rings. The summed E-state index contributed by atoms with van der Waals surface area (Å²) in [5.41, 5.74) is 0. The molecule has 0 spiro atoms. The van der Waals surface area contributed by atoms with Gasteiger partial charge in [-0.2, -0.15) is 0 Å². The number of rotatable bonds is 1. The molecule has 0 radical (unpaired) electrons. The second-order valence-corrected chi connectivity index (χ2v) is 5.74. The molecule has 2 heterocycles. The summed E-state index contributed by atoms with van der Waals surface area (Å²) in [7, 11) is 2.14. The number of likely N-dealkylation sites (N-methyl/N-ethyl adjacent to an activating group) is 1. The van der Waals surface area contributed by atoms with Crippen LogP contribution in [-0.2, 0) is 4.79 Å². The first kappa shape index (κ1) is 12.8. The van der Waals surface area contributed by atoms with Crippen LogP contribution in [0.25, 0.3) is 0 Å². The summed E-state index contributed by atoms with van der Waals surface area (Å²) in [6.45, 7) is 9.22. The van der Waals surface area contributed by atoms with E-state index in [-0.39, 0.29) is 5.92 Å². The maximum absolute atomic E-state index is 12.5. The van der Waals surface area contributed by atoms with Crippen LogP contribution in [0, 0.1) is 11.8 Å². The van der Waals surface area contributed by atoms with Crippen LogP contribution >= 0.6 is 0 Å².